The maximum Gasteiger partial charge on any atom is 0.235 e. The second-order valence-electron chi connectivity index (χ2n) is 2.83. The van der Waals surface area contributed by atoms with Crippen molar-refractivity contribution in [3.05, 3.63) is 23.8 Å². The van der Waals surface area contributed by atoms with Crippen LogP contribution >= 0.6 is 15.9 Å². The van der Waals surface area contributed by atoms with Crippen LogP contribution in [0.4, 0.5) is 5.69 Å². The van der Waals surface area contributed by atoms with Gasteiger partial charge in [-0.2, -0.15) is 0 Å². The maximum absolute atomic E-state index is 11.2. The number of benzene rings is 1. The largest absolute Gasteiger partial charge is 0.495 e. The van der Waals surface area contributed by atoms with E-state index in [1.54, 1.807) is 7.11 Å². The third-order valence-electron chi connectivity index (χ3n) is 1.84. The lowest BCUT2D eigenvalue weighted by molar-refractivity contribution is -0.113. The Morgan fingerprint density at radius 1 is 1.57 bits per heavy atom. The number of halogens is 1. The molecule has 0 spiro atoms. The van der Waals surface area contributed by atoms with E-state index in [0.717, 1.165) is 11.3 Å². The SMILES string of the molecule is COc1cccc(C)c1NC(=O)CBr. The molecule has 0 aromatic heterocycles. The van der Waals surface area contributed by atoms with E-state index in [1.165, 1.54) is 0 Å². The lowest BCUT2D eigenvalue weighted by atomic mass is 10.2. The van der Waals surface area contributed by atoms with E-state index in [2.05, 4.69) is 21.2 Å². The summed E-state index contributed by atoms with van der Waals surface area (Å²) in [6.45, 7) is 1.92. The van der Waals surface area contributed by atoms with Gasteiger partial charge in [0.05, 0.1) is 18.1 Å². The first-order valence-corrected chi connectivity index (χ1v) is 5.30. The summed E-state index contributed by atoms with van der Waals surface area (Å²) >= 11 is 3.09. The van der Waals surface area contributed by atoms with Gasteiger partial charge in [-0.15, -0.1) is 0 Å². The number of hydrogen-bond acceptors (Lipinski definition) is 2. The van der Waals surface area contributed by atoms with Crippen LogP contribution in [-0.4, -0.2) is 18.3 Å². The molecule has 4 heteroatoms. The van der Waals surface area contributed by atoms with Crippen molar-refractivity contribution in [3.63, 3.8) is 0 Å². The molecule has 0 aliphatic rings. The van der Waals surface area contributed by atoms with Gasteiger partial charge < -0.3 is 10.1 Å². The van der Waals surface area contributed by atoms with Crippen LogP contribution in [0.3, 0.4) is 0 Å². The average molecular weight is 258 g/mol. The number of alkyl halides is 1. The van der Waals surface area contributed by atoms with Crippen molar-refractivity contribution in [3.8, 4) is 5.75 Å². The molecule has 1 aromatic carbocycles. The van der Waals surface area contributed by atoms with E-state index in [4.69, 9.17) is 4.74 Å². The lowest BCUT2D eigenvalue weighted by Crippen LogP contribution is -2.14. The number of hydrogen-bond donors (Lipinski definition) is 1. The van der Waals surface area contributed by atoms with Gasteiger partial charge in [-0.1, -0.05) is 28.1 Å². The Morgan fingerprint density at radius 3 is 2.86 bits per heavy atom. The summed E-state index contributed by atoms with van der Waals surface area (Å²) in [5.74, 6) is 0.594. The molecular weight excluding hydrogens is 246 g/mol. The number of amides is 1. The molecule has 76 valence electrons. The zero-order chi connectivity index (χ0) is 10.6. The zero-order valence-electron chi connectivity index (χ0n) is 8.13. The van der Waals surface area contributed by atoms with Gasteiger partial charge in [0.2, 0.25) is 5.91 Å². The van der Waals surface area contributed by atoms with Crippen LogP contribution in [0.5, 0.6) is 5.75 Å². The number of rotatable bonds is 3. The van der Waals surface area contributed by atoms with Gasteiger partial charge in [-0.25, -0.2) is 0 Å². The smallest absolute Gasteiger partial charge is 0.235 e. The molecule has 0 saturated heterocycles. The third-order valence-corrected chi connectivity index (χ3v) is 2.35. The molecule has 0 bridgehead atoms. The molecule has 0 fully saturated rings. The fourth-order valence-corrected chi connectivity index (χ4v) is 1.28. The molecule has 0 heterocycles. The van der Waals surface area contributed by atoms with Crippen molar-refractivity contribution in [2.75, 3.05) is 17.8 Å². The molecular formula is C10H12BrNO2. The van der Waals surface area contributed by atoms with Crippen molar-refractivity contribution in [1.29, 1.82) is 0 Å². The number of para-hydroxylation sites is 1. The first kappa shape index (κ1) is 11.0. The quantitative estimate of drug-likeness (QED) is 0.845. The summed E-state index contributed by atoms with van der Waals surface area (Å²) in [6, 6.07) is 5.63. The molecule has 14 heavy (non-hydrogen) atoms. The fraction of sp³-hybridized carbons (Fsp3) is 0.300. The normalized spacial score (nSPS) is 9.64. The second-order valence-corrected chi connectivity index (χ2v) is 3.39. The van der Waals surface area contributed by atoms with Crippen LogP contribution < -0.4 is 10.1 Å². The molecule has 1 N–H and O–H groups in total. The topological polar surface area (TPSA) is 38.3 Å². The highest BCUT2D eigenvalue weighted by atomic mass is 79.9. The molecule has 0 radical (unpaired) electrons. The number of nitrogens with one attached hydrogen (secondary N) is 1. The molecule has 1 amide bonds. The molecule has 0 aliphatic carbocycles. The molecule has 0 aliphatic heterocycles. The Kier molecular flexibility index (Phi) is 3.95. The van der Waals surface area contributed by atoms with Gasteiger partial charge in [-0.3, -0.25) is 4.79 Å². The highest BCUT2D eigenvalue weighted by molar-refractivity contribution is 9.09. The lowest BCUT2D eigenvalue weighted by Gasteiger charge is -2.11. The van der Waals surface area contributed by atoms with Crippen LogP contribution in [0.25, 0.3) is 0 Å². The van der Waals surface area contributed by atoms with E-state index in [9.17, 15) is 4.79 Å². The summed E-state index contributed by atoms with van der Waals surface area (Å²) in [4.78, 5) is 11.2. The van der Waals surface area contributed by atoms with Crippen molar-refractivity contribution in [2.24, 2.45) is 0 Å². The Labute approximate surface area is 91.6 Å². The zero-order valence-corrected chi connectivity index (χ0v) is 9.72. The van der Waals surface area contributed by atoms with Crippen molar-refractivity contribution >= 4 is 27.5 Å². The minimum Gasteiger partial charge on any atom is -0.495 e. The second kappa shape index (κ2) is 5.00. The van der Waals surface area contributed by atoms with E-state index in [-0.39, 0.29) is 11.2 Å². The molecule has 0 atom stereocenters. The van der Waals surface area contributed by atoms with E-state index in [0.29, 0.717) is 5.75 Å². The standard InChI is InChI=1S/C10H12BrNO2/c1-7-4-3-5-8(14-2)10(7)12-9(13)6-11/h3-5H,6H2,1-2H3,(H,12,13). The number of carbonyl (C=O) groups is 1. The number of anilines is 1. The Morgan fingerprint density at radius 2 is 2.29 bits per heavy atom. The van der Waals surface area contributed by atoms with E-state index >= 15 is 0 Å². The van der Waals surface area contributed by atoms with Gasteiger partial charge >= 0.3 is 0 Å². The van der Waals surface area contributed by atoms with Crippen LogP contribution in [0.15, 0.2) is 18.2 Å². The molecule has 1 rings (SSSR count). The molecule has 0 saturated carbocycles. The summed E-state index contributed by atoms with van der Waals surface area (Å²) < 4.78 is 5.14. The van der Waals surface area contributed by atoms with Crippen LogP contribution in [0, 0.1) is 6.92 Å². The van der Waals surface area contributed by atoms with Crippen LogP contribution in [0.2, 0.25) is 0 Å². The van der Waals surface area contributed by atoms with Gasteiger partial charge in [0.1, 0.15) is 5.75 Å². The Bertz CT molecular complexity index is 339. The summed E-state index contributed by atoms with van der Waals surface area (Å²) in [5, 5.41) is 3.05. The minimum atomic E-state index is -0.0856. The molecule has 1 aromatic rings. The van der Waals surface area contributed by atoms with Gasteiger partial charge in [0.25, 0.3) is 0 Å². The van der Waals surface area contributed by atoms with Gasteiger partial charge in [0, 0.05) is 0 Å². The summed E-state index contributed by atoms with van der Waals surface area (Å²) in [5.41, 5.74) is 1.72. The first-order valence-electron chi connectivity index (χ1n) is 4.18. The van der Waals surface area contributed by atoms with E-state index < -0.39 is 0 Å². The Hall–Kier alpha value is -1.03. The predicted molar refractivity (Wildman–Crippen MR) is 60.2 cm³/mol. The number of carbonyl (C=O) groups excluding carboxylic acids is 1. The number of aryl methyl sites for hydroxylation is 1. The first-order chi connectivity index (χ1) is 6.69. The monoisotopic (exact) mass is 257 g/mol. The van der Waals surface area contributed by atoms with Crippen LogP contribution in [0.1, 0.15) is 5.56 Å². The number of methoxy groups -OCH3 is 1. The molecule has 3 nitrogen and oxygen atoms in total. The highest BCUT2D eigenvalue weighted by Gasteiger charge is 2.08. The van der Waals surface area contributed by atoms with Crippen molar-refractivity contribution in [2.45, 2.75) is 6.92 Å². The van der Waals surface area contributed by atoms with Crippen molar-refractivity contribution < 1.29 is 9.53 Å². The van der Waals surface area contributed by atoms with E-state index in [1.807, 2.05) is 25.1 Å². The highest BCUT2D eigenvalue weighted by Crippen LogP contribution is 2.27. The fourth-order valence-electron chi connectivity index (χ4n) is 1.14. The average Bonchev–Trinajstić information content (AvgIpc) is 2.20. The van der Waals surface area contributed by atoms with Crippen molar-refractivity contribution in [1.82, 2.24) is 0 Å². The van der Waals surface area contributed by atoms with Crippen LogP contribution in [-0.2, 0) is 4.79 Å². The predicted octanol–water partition coefficient (Wildman–Crippen LogP) is 2.34. The Balaban J connectivity index is 2.98. The maximum atomic E-state index is 11.2. The third kappa shape index (κ3) is 2.48. The summed E-state index contributed by atoms with van der Waals surface area (Å²) in [6.07, 6.45) is 0. The van der Waals surface area contributed by atoms with Gasteiger partial charge in [0.15, 0.2) is 0 Å². The molecule has 0 unspecified atom stereocenters. The van der Waals surface area contributed by atoms with Gasteiger partial charge in [-0.05, 0) is 18.6 Å². The summed E-state index contributed by atoms with van der Waals surface area (Å²) in [7, 11) is 1.58. The minimum absolute atomic E-state index is 0.0856. The number of ether oxygens (including phenoxy) is 1.